The molecule has 3 nitrogen and oxygen atoms in total. The van der Waals surface area contributed by atoms with Gasteiger partial charge in [0, 0.05) is 17.0 Å². The number of halogens is 5. The van der Waals surface area contributed by atoms with Crippen LogP contribution in [0.15, 0.2) is 29.2 Å². The summed E-state index contributed by atoms with van der Waals surface area (Å²) < 4.78 is 62.9. The summed E-state index contributed by atoms with van der Waals surface area (Å²) in [7, 11) is -9.67. The molecule has 2 atom stereocenters. The van der Waals surface area contributed by atoms with Crippen LogP contribution in [0.25, 0.3) is 0 Å². The molecule has 1 aromatic rings. The molecule has 0 radical (unpaired) electrons. The van der Waals surface area contributed by atoms with Crippen molar-refractivity contribution in [2.45, 2.75) is 35.4 Å². The number of carbonyl (C=O) groups excluding carboxylic acids is 1. The van der Waals surface area contributed by atoms with Gasteiger partial charge in [0.2, 0.25) is 0 Å². The molecule has 0 heterocycles. The highest BCUT2D eigenvalue weighted by molar-refractivity contribution is 8.45. The standard InChI is InChI=1S/C13H17F5N2OS2/c1-22-11-5-2-10(8-11)20-13(21)19-9-3-6-12(7-4-9)23(14,15,16,17)18/h3-4,6-7,10-11H,2,5,8H2,1H3,(H2,19,20,21). The maximum atomic E-state index is 12.6. The Morgan fingerprint density at radius 3 is 2.22 bits per heavy atom. The van der Waals surface area contributed by atoms with Crippen LogP contribution in [0.4, 0.5) is 29.9 Å². The summed E-state index contributed by atoms with van der Waals surface area (Å²) in [5, 5.41) is 5.56. The largest absolute Gasteiger partial charge is 0.335 e. The predicted molar refractivity (Wildman–Crippen MR) is 84.9 cm³/mol. The van der Waals surface area contributed by atoms with E-state index in [-0.39, 0.29) is 23.9 Å². The summed E-state index contributed by atoms with van der Waals surface area (Å²) in [6.45, 7) is 0. The van der Waals surface area contributed by atoms with Gasteiger partial charge in [-0.25, -0.2) is 4.79 Å². The van der Waals surface area contributed by atoms with Gasteiger partial charge in [-0.3, -0.25) is 0 Å². The van der Waals surface area contributed by atoms with E-state index in [1.807, 2.05) is 6.26 Å². The monoisotopic (exact) mass is 376 g/mol. The average Bonchev–Trinajstić information content (AvgIpc) is 2.84. The minimum atomic E-state index is -9.67. The SMILES string of the molecule is CSC1CCC(NC(=O)Nc2ccc(S(F)(F)(F)(F)F)cc2)C1. The van der Waals surface area contributed by atoms with Crippen LogP contribution in [0.5, 0.6) is 0 Å². The fourth-order valence-electron chi connectivity index (χ4n) is 2.43. The fraction of sp³-hybridized carbons (Fsp3) is 0.462. The molecule has 0 bridgehead atoms. The first-order chi connectivity index (χ1) is 10.4. The second kappa shape index (κ2) is 5.44. The van der Waals surface area contributed by atoms with Crippen molar-refractivity contribution in [3.63, 3.8) is 0 Å². The van der Waals surface area contributed by atoms with Crippen LogP contribution in [-0.4, -0.2) is 23.6 Å². The molecule has 1 aromatic carbocycles. The van der Waals surface area contributed by atoms with E-state index in [0.29, 0.717) is 5.25 Å². The molecule has 1 fully saturated rings. The first-order valence-corrected chi connectivity index (χ1v) is 10.1. The lowest BCUT2D eigenvalue weighted by atomic mass is 10.2. The Morgan fingerprint density at radius 1 is 1.13 bits per heavy atom. The zero-order valence-corrected chi connectivity index (χ0v) is 13.8. The number of hydrogen-bond donors (Lipinski definition) is 2. The molecule has 1 aliphatic rings. The van der Waals surface area contributed by atoms with Crippen molar-refractivity contribution in [3.05, 3.63) is 24.3 Å². The Morgan fingerprint density at radius 2 is 1.74 bits per heavy atom. The molecule has 1 aliphatic carbocycles. The number of hydrogen-bond acceptors (Lipinski definition) is 2. The van der Waals surface area contributed by atoms with E-state index in [0.717, 1.165) is 31.4 Å². The average molecular weight is 376 g/mol. The predicted octanol–water partition coefficient (Wildman–Crippen LogP) is 5.75. The molecule has 132 valence electrons. The van der Waals surface area contributed by atoms with Gasteiger partial charge in [0.1, 0.15) is 4.90 Å². The summed E-state index contributed by atoms with van der Waals surface area (Å²) in [6.07, 6.45) is 4.65. The zero-order valence-electron chi connectivity index (χ0n) is 12.2. The van der Waals surface area contributed by atoms with Gasteiger partial charge >= 0.3 is 16.3 Å². The first-order valence-electron chi connectivity index (χ1n) is 6.82. The topological polar surface area (TPSA) is 41.1 Å². The molecule has 2 rings (SSSR count). The first kappa shape index (κ1) is 18.2. The van der Waals surface area contributed by atoms with Crippen molar-refractivity contribution in [2.24, 2.45) is 0 Å². The normalized spacial score (nSPS) is 24.6. The van der Waals surface area contributed by atoms with Crippen molar-refractivity contribution in [1.82, 2.24) is 5.32 Å². The lowest BCUT2D eigenvalue weighted by Gasteiger charge is -2.40. The van der Waals surface area contributed by atoms with Crippen LogP contribution < -0.4 is 10.6 Å². The minimum absolute atomic E-state index is 0.0106. The molecule has 10 heteroatoms. The molecule has 0 spiro atoms. The molecular formula is C13H17F5N2OS2. The van der Waals surface area contributed by atoms with Crippen LogP contribution in [0.3, 0.4) is 0 Å². The summed E-state index contributed by atoms with van der Waals surface area (Å²) in [5.74, 6) is 0. The Labute approximate surface area is 135 Å². The third kappa shape index (κ3) is 5.17. The highest BCUT2D eigenvalue weighted by Crippen LogP contribution is 3.02. The van der Waals surface area contributed by atoms with Crippen LogP contribution >= 0.6 is 22.0 Å². The van der Waals surface area contributed by atoms with Gasteiger partial charge in [0.25, 0.3) is 0 Å². The molecule has 0 saturated heterocycles. The number of thioether (sulfide) groups is 1. The van der Waals surface area contributed by atoms with E-state index < -0.39 is 21.2 Å². The van der Waals surface area contributed by atoms with Crippen molar-refractivity contribution >= 4 is 33.7 Å². The maximum Gasteiger partial charge on any atom is 0.319 e. The number of benzene rings is 1. The molecule has 2 N–H and O–H groups in total. The third-order valence-electron chi connectivity index (χ3n) is 3.61. The molecule has 2 unspecified atom stereocenters. The molecular weight excluding hydrogens is 359 g/mol. The number of rotatable bonds is 4. The van der Waals surface area contributed by atoms with Crippen LogP contribution in [-0.2, 0) is 0 Å². The zero-order chi connectivity index (χ0) is 17.4. The van der Waals surface area contributed by atoms with Crippen molar-refractivity contribution in [3.8, 4) is 0 Å². The Hall–Kier alpha value is -1.16. The van der Waals surface area contributed by atoms with Gasteiger partial charge < -0.3 is 10.6 Å². The van der Waals surface area contributed by atoms with Crippen molar-refractivity contribution in [2.75, 3.05) is 11.6 Å². The van der Waals surface area contributed by atoms with E-state index >= 15 is 0 Å². The number of carbonyl (C=O) groups is 1. The minimum Gasteiger partial charge on any atom is -0.335 e. The lowest BCUT2D eigenvalue weighted by Crippen LogP contribution is -2.36. The number of anilines is 1. The Balaban J connectivity index is 1.95. The summed E-state index contributed by atoms with van der Waals surface area (Å²) in [6, 6.07) is 1.62. The van der Waals surface area contributed by atoms with Gasteiger partial charge in [-0.1, -0.05) is 19.4 Å². The fourth-order valence-corrected chi connectivity index (χ4v) is 3.88. The summed E-state index contributed by atoms with van der Waals surface area (Å²) in [5.41, 5.74) is 0.0208. The van der Waals surface area contributed by atoms with E-state index in [4.69, 9.17) is 0 Å². The van der Waals surface area contributed by atoms with E-state index in [2.05, 4.69) is 10.6 Å². The van der Waals surface area contributed by atoms with Crippen molar-refractivity contribution in [1.29, 1.82) is 0 Å². The maximum absolute atomic E-state index is 12.6. The highest BCUT2D eigenvalue weighted by atomic mass is 32.5. The Kier molecular flexibility index (Phi) is 4.30. The smallest absolute Gasteiger partial charge is 0.319 e. The van der Waals surface area contributed by atoms with Gasteiger partial charge in [-0.15, -0.1) is 0 Å². The van der Waals surface area contributed by atoms with Gasteiger partial charge in [-0.05, 0) is 49.8 Å². The van der Waals surface area contributed by atoms with Crippen LogP contribution in [0, 0.1) is 0 Å². The highest BCUT2D eigenvalue weighted by Gasteiger charge is 2.65. The van der Waals surface area contributed by atoms with E-state index in [1.165, 1.54) is 0 Å². The summed E-state index contributed by atoms with van der Waals surface area (Å²) in [4.78, 5) is 9.80. The van der Waals surface area contributed by atoms with Gasteiger partial charge in [0.05, 0.1) is 0 Å². The number of nitrogens with one attached hydrogen (secondary N) is 2. The quantitative estimate of drug-likeness (QED) is 0.657. The van der Waals surface area contributed by atoms with E-state index in [9.17, 15) is 24.2 Å². The number of amides is 2. The van der Waals surface area contributed by atoms with Gasteiger partial charge in [0.15, 0.2) is 0 Å². The second-order valence-electron chi connectivity index (χ2n) is 5.46. The van der Waals surface area contributed by atoms with E-state index in [1.54, 1.807) is 11.8 Å². The van der Waals surface area contributed by atoms with Crippen LogP contribution in [0.1, 0.15) is 19.3 Å². The van der Waals surface area contributed by atoms with Gasteiger partial charge in [-0.2, -0.15) is 11.8 Å². The van der Waals surface area contributed by atoms with Crippen LogP contribution in [0.2, 0.25) is 0 Å². The Bertz CT molecular complexity index is 590. The molecule has 0 aromatic heterocycles. The van der Waals surface area contributed by atoms with Crippen molar-refractivity contribution < 1.29 is 24.2 Å². The molecule has 2 amide bonds. The molecule has 1 saturated carbocycles. The third-order valence-corrected chi connectivity index (χ3v) is 5.87. The molecule has 0 aliphatic heterocycles. The summed E-state index contributed by atoms with van der Waals surface area (Å²) >= 11 is 1.72. The lowest BCUT2D eigenvalue weighted by molar-refractivity contribution is 0.248. The number of urea groups is 1. The molecule has 23 heavy (non-hydrogen) atoms. The second-order valence-corrected chi connectivity index (χ2v) is 9.01.